The highest BCUT2D eigenvalue weighted by molar-refractivity contribution is 7.18. The van der Waals surface area contributed by atoms with E-state index in [4.69, 9.17) is 9.97 Å². The summed E-state index contributed by atoms with van der Waals surface area (Å²) in [6, 6.07) is 14.2. The molecule has 0 amide bonds. The lowest BCUT2D eigenvalue weighted by molar-refractivity contribution is 0.999. The van der Waals surface area contributed by atoms with Gasteiger partial charge in [-0.1, -0.05) is 30.3 Å². The van der Waals surface area contributed by atoms with Gasteiger partial charge in [0.15, 0.2) is 0 Å². The quantitative estimate of drug-likeness (QED) is 0.562. The monoisotopic (exact) mass is 346 g/mol. The molecule has 4 aromatic rings. The van der Waals surface area contributed by atoms with E-state index in [9.17, 15) is 0 Å². The lowest BCUT2D eigenvalue weighted by atomic mass is 10.1. The number of aromatic nitrogens is 3. The Balaban J connectivity index is 1.80. The molecule has 3 aromatic heterocycles. The molecule has 0 fully saturated rings. The van der Waals surface area contributed by atoms with Crippen LogP contribution in [0.1, 0.15) is 21.8 Å². The summed E-state index contributed by atoms with van der Waals surface area (Å²) in [5, 5.41) is 4.52. The van der Waals surface area contributed by atoms with Gasteiger partial charge in [-0.3, -0.25) is 4.98 Å². The van der Waals surface area contributed by atoms with E-state index < -0.39 is 0 Å². The molecule has 0 spiro atoms. The standard InChI is InChI=1S/C20H18N4S/c1-13-14(2)25-20-18(13)19(22-16-9-6-10-21-12-16)23-17(24-20)11-15-7-4-3-5-8-15/h3-10,12H,11H2,1-2H3,(H,22,23,24). The minimum absolute atomic E-state index is 0.717. The van der Waals surface area contributed by atoms with Crippen LogP contribution in [-0.2, 0) is 6.42 Å². The van der Waals surface area contributed by atoms with E-state index >= 15 is 0 Å². The molecular weight excluding hydrogens is 328 g/mol. The molecule has 5 heteroatoms. The summed E-state index contributed by atoms with van der Waals surface area (Å²) in [5.41, 5.74) is 3.37. The molecule has 1 N–H and O–H groups in total. The first-order valence-electron chi connectivity index (χ1n) is 8.18. The molecule has 3 heterocycles. The van der Waals surface area contributed by atoms with Gasteiger partial charge in [0, 0.05) is 17.5 Å². The molecule has 0 atom stereocenters. The van der Waals surface area contributed by atoms with Crippen molar-refractivity contribution < 1.29 is 0 Å². The van der Waals surface area contributed by atoms with E-state index in [0.29, 0.717) is 6.42 Å². The zero-order valence-electron chi connectivity index (χ0n) is 14.2. The number of benzene rings is 1. The summed E-state index contributed by atoms with van der Waals surface area (Å²) in [5.74, 6) is 1.68. The summed E-state index contributed by atoms with van der Waals surface area (Å²) in [4.78, 5) is 16.1. The second-order valence-corrected chi connectivity index (χ2v) is 7.18. The molecule has 0 aliphatic heterocycles. The Hall–Kier alpha value is -2.79. The van der Waals surface area contributed by atoms with Crippen molar-refractivity contribution in [1.82, 2.24) is 15.0 Å². The first-order valence-corrected chi connectivity index (χ1v) is 9.00. The lowest BCUT2D eigenvalue weighted by Gasteiger charge is -2.09. The van der Waals surface area contributed by atoms with E-state index in [2.05, 4.69) is 36.3 Å². The molecule has 4 rings (SSSR count). The van der Waals surface area contributed by atoms with Crippen LogP contribution in [0.5, 0.6) is 0 Å². The lowest BCUT2D eigenvalue weighted by Crippen LogP contribution is -2.02. The highest BCUT2D eigenvalue weighted by atomic mass is 32.1. The Morgan fingerprint density at radius 3 is 2.60 bits per heavy atom. The SMILES string of the molecule is Cc1sc2nc(Cc3ccccc3)nc(Nc3cccnc3)c2c1C. The van der Waals surface area contributed by atoms with Crippen LogP contribution in [0.15, 0.2) is 54.9 Å². The second-order valence-electron chi connectivity index (χ2n) is 5.98. The van der Waals surface area contributed by atoms with Crippen molar-refractivity contribution in [3.05, 3.63) is 76.7 Å². The van der Waals surface area contributed by atoms with Crippen LogP contribution in [0.25, 0.3) is 10.2 Å². The number of anilines is 2. The number of aryl methyl sites for hydroxylation is 2. The van der Waals surface area contributed by atoms with Crippen molar-refractivity contribution in [3.63, 3.8) is 0 Å². The van der Waals surface area contributed by atoms with Gasteiger partial charge in [-0.25, -0.2) is 9.97 Å². The van der Waals surface area contributed by atoms with Gasteiger partial charge in [-0.05, 0) is 37.1 Å². The van der Waals surface area contributed by atoms with Gasteiger partial charge in [0.05, 0.1) is 17.3 Å². The molecule has 0 saturated carbocycles. The summed E-state index contributed by atoms with van der Waals surface area (Å²) >= 11 is 1.72. The van der Waals surface area contributed by atoms with Crippen molar-refractivity contribution in [2.45, 2.75) is 20.3 Å². The Bertz CT molecular complexity index is 1010. The van der Waals surface area contributed by atoms with Crippen molar-refractivity contribution in [2.75, 3.05) is 5.32 Å². The van der Waals surface area contributed by atoms with E-state index in [-0.39, 0.29) is 0 Å². The number of nitrogens with one attached hydrogen (secondary N) is 1. The van der Waals surface area contributed by atoms with Gasteiger partial charge in [0.2, 0.25) is 0 Å². The topological polar surface area (TPSA) is 50.7 Å². The molecule has 4 nitrogen and oxygen atoms in total. The Morgan fingerprint density at radius 1 is 1.00 bits per heavy atom. The van der Waals surface area contributed by atoms with Crippen molar-refractivity contribution in [2.24, 2.45) is 0 Å². The highest BCUT2D eigenvalue weighted by Gasteiger charge is 2.15. The molecule has 0 unspecified atom stereocenters. The summed E-state index contributed by atoms with van der Waals surface area (Å²) in [6.07, 6.45) is 4.29. The predicted molar refractivity (Wildman–Crippen MR) is 104 cm³/mol. The van der Waals surface area contributed by atoms with Gasteiger partial charge in [0.1, 0.15) is 16.5 Å². The maximum Gasteiger partial charge on any atom is 0.143 e. The van der Waals surface area contributed by atoms with E-state index in [1.54, 1.807) is 23.7 Å². The normalized spacial score (nSPS) is 11.0. The van der Waals surface area contributed by atoms with Gasteiger partial charge in [-0.2, -0.15) is 0 Å². The van der Waals surface area contributed by atoms with Crippen LogP contribution < -0.4 is 5.32 Å². The van der Waals surface area contributed by atoms with Crippen molar-refractivity contribution >= 4 is 33.1 Å². The van der Waals surface area contributed by atoms with Crippen LogP contribution in [-0.4, -0.2) is 15.0 Å². The third-order valence-corrected chi connectivity index (χ3v) is 5.31. The van der Waals surface area contributed by atoms with Gasteiger partial charge in [-0.15, -0.1) is 11.3 Å². The highest BCUT2D eigenvalue weighted by Crippen LogP contribution is 2.34. The van der Waals surface area contributed by atoms with Crippen LogP contribution in [0, 0.1) is 13.8 Å². The van der Waals surface area contributed by atoms with Crippen LogP contribution >= 0.6 is 11.3 Å². The molecule has 1 aromatic carbocycles. The third kappa shape index (κ3) is 3.23. The molecule has 124 valence electrons. The fourth-order valence-electron chi connectivity index (χ4n) is 2.82. The van der Waals surface area contributed by atoms with E-state index in [1.165, 1.54) is 16.0 Å². The first kappa shape index (κ1) is 15.7. The number of hydrogen-bond acceptors (Lipinski definition) is 5. The molecular formula is C20H18N4S. The van der Waals surface area contributed by atoms with Crippen molar-refractivity contribution in [1.29, 1.82) is 0 Å². The molecule has 0 radical (unpaired) electrons. The maximum atomic E-state index is 4.82. The van der Waals surface area contributed by atoms with Crippen molar-refractivity contribution in [3.8, 4) is 0 Å². The minimum Gasteiger partial charge on any atom is -0.338 e. The first-order chi connectivity index (χ1) is 12.2. The number of hydrogen-bond donors (Lipinski definition) is 1. The number of rotatable bonds is 4. The van der Waals surface area contributed by atoms with Gasteiger partial charge < -0.3 is 5.32 Å². The van der Waals surface area contributed by atoms with Crippen LogP contribution in [0.3, 0.4) is 0 Å². The fourth-order valence-corrected chi connectivity index (χ4v) is 3.86. The van der Waals surface area contributed by atoms with Gasteiger partial charge in [0.25, 0.3) is 0 Å². The molecule has 0 bridgehead atoms. The summed E-state index contributed by atoms with van der Waals surface area (Å²) in [6.45, 7) is 4.26. The Labute approximate surface area is 150 Å². The smallest absolute Gasteiger partial charge is 0.143 e. The third-order valence-electron chi connectivity index (χ3n) is 4.20. The van der Waals surface area contributed by atoms with E-state index in [1.807, 2.05) is 30.3 Å². The fraction of sp³-hybridized carbons (Fsp3) is 0.150. The molecule has 25 heavy (non-hydrogen) atoms. The summed E-state index contributed by atoms with van der Waals surface area (Å²) in [7, 11) is 0. The average Bonchev–Trinajstić information content (AvgIpc) is 2.91. The Kier molecular flexibility index (Phi) is 4.15. The largest absolute Gasteiger partial charge is 0.338 e. The molecule has 0 aliphatic rings. The number of fused-ring (bicyclic) bond motifs is 1. The predicted octanol–water partition coefficient (Wildman–Crippen LogP) is 5.04. The maximum absolute atomic E-state index is 4.82. The second kappa shape index (κ2) is 6.61. The number of thiophene rings is 1. The molecule has 0 saturated heterocycles. The average molecular weight is 346 g/mol. The Morgan fingerprint density at radius 2 is 1.84 bits per heavy atom. The molecule has 0 aliphatic carbocycles. The van der Waals surface area contributed by atoms with Crippen LogP contribution in [0.4, 0.5) is 11.5 Å². The van der Waals surface area contributed by atoms with E-state index in [0.717, 1.165) is 27.5 Å². The number of nitrogens with zero attached hydrogens (tertiary/aromatic N) is 3. The van der Waals surface area contributed by atoms with Crippen LogP contribution in [0.2, 0.25) is 0 Å². The zero-order valence-corrected chi connectivity index (χ0v) is 15.0. The zero-order chi connectivity index (χ0) is 17.2. The number of pyridine rings is 1. The van der Waals surface area contributed by atoms with Gasteiger partial charge >= 0.3 is 0 Å². The summed E-state index contributed by atoms with van der Waals surface area (Å²) < 4.78 is 0. The minimum atomic E-state index is 0.717.